The van der Waals surface area contributed by atoms with Crippen LogP contribution in [-0.4, -0.2) is 62.6 Å². The maximum Gasteiger partial charge on any atom is 0.243 e. The van der Waals surface area contributed by atoms with Gasteiger partial charge in [-0.3, -0.25) is 0 Å². The Morgan fingerprint density at radius 3 is 2.34 bits per heavy atom. The number of aromatic nitrogens is 1. The number of hydrogen-bond acceptors (Lipinski definition) is 8. The Labute approximate surface area is 240 Å². The molecule has 1 aromatic heterocycles. The molecule has 0 aliphatic carbocycles. The molecule has 0 N–H and O–H groups in total. The van der Waals surface area contributed by atoms with Crippen molar-refractivity contribution < 1.29 is 27.0 Å². The van der Waals surface area contributed by atoms with Gasteiger partial charge >= 0.3 is 0 Å². The van der Waals surface area contributed by atoms with Crippen LogP contribution in [0, 0.1) is 5.82 Å². The van der Waals surface area contributed by atoms with Crippen LogP contribution in [0.1, 0.15) is 12.5 Å². The molecule has 0 radical (unpaired) electrons. The second-order valence-electron chi connectivity index (χ2n) is 9.39. The summed E-state index contributed by atoms with van der Waals surface area (Å²) in [5, 5.41) is 6.80. The van der Waals surface area contributed by atoms with E-state index in [1.807, 2.05) is 30.5 Å². The van der Waals surface area contributed by atoms with Crippen LogP contribution in [0.25, 0.3) is 11.3 Å². The number of fused-ring (bicyclic) bond motifs is 1. The normalized spacial score (nSPS) is 16.6. The molecule has 0 saturated carbocycles. The summed E-state index contributed by atoms with van der Waals surface area (Å²) in [6.45, 7) is 4.31. The zero-order chi connectivity index (χ0) is 28.4. The zero-order valence-corrected chi connectivity index (χ0v) is 23.8. The number of thiazole rings is 1. The summed E-state index contributed by atoms with van der Waals surface area (Å²) in [7, 11) is -3.61. The molecular formula is C29H27FN4O5S2. The fraction of sp³-hybridized carbons (Fsp3) is 0.241. The lowest BCUT2D eigenvalue weighted by molar-refractivity contribution is 0.0730. The van der Waals surface area contributed by atoms with Gasteiger partial charge in [-0.25, -0.2) is 22.5 Å². The van der Waals surface area contributed by atoms with Crippen molar-refractivity contribution in [2.45, 2.75) is 11.8 Å². The van der Waals surface area contributed by atoms with Crippen molar-refractivity contribution >= 4 is 32.8 Å². The van der Waals surface area contributed by atoms with E-state index in [1.165, 1.54) is 27.8 Å². The molecule has 0 bridgehead atoms. The van der Waals surface area contributed by atoms with Crippen molar-refractivity contribution in [3.8, 4) is 22.8 Å². The van der Waals surface area contributed by atoms with Gasteiger partial charge in [-0.05, 0) is 73.7 Å². The molecule has 1 saturated heterocycles. The lowest BCUT2D eigenvalue weighted by atomic mass is 10.1. The second-order valence-corrected chi connectivity index (χ2v) is 12.2. The van der Waals surface area contributed by atoms with Crippen LogP contribution in [0.3, 0.4) is 0 Å². The van der Waals surface area contributed by atoms with Crippen molar-refractivity contribution in [2.75, 3.05) is 39.5 Å². The average molecular weight is 595 g/mol. The second kappa shape index (κ2) is 11.6. The first-order valence-electron chi connectivity index (χ1n) is 13.0. The van der Waals surface area contributed by atoms with Crippen molar-refractivity contribution in [3.05, 3.63) is 88.3 Å². The molecule has 0 unspecified atom stereocenters. The number of hydrogen-bond donors (Lipinski definition) is 0. The van der Waals surface area contributed by atoms with Crippen LogP contribution >= 0.6 is 11.3 Å². The molecule has 3 aromatic carbocycles. The molecule has 6 rings (SSSR count). The van der Waals surface area contributed by atoms with Crippen LogP contribution in [0.2, 0.25) is 0 Å². The number of benzene rings is 3. The van der Waals surface area contributed by atoms with E-state index in [2.05, 4.69) is 0 Å². The van der Waals surface area contributed by atoms with Gasteiger partial charge in [0.25, 0.3) is 0 Å². The Hall–Kier alpha value is -3.84. The average Bonchev–Trinajstić information content (AvgIpc) is 3.39. The molecular weight excluding hydrogens is 567 g/mol. The van der Waals surface area contributed by atoms with Crippen molar-refractivity contribution in [1.82, 2.24) is 8.98 Å². The Bertz CT molecular complexity index is 1760. The Balaban J connectivity index is 1.38. The quantitative estimate of drug-likeness (QED) is 0.303. The minimum atomic E-state index is -3.61. The summed E-state index contributed by atoms with van der Waals surface area (Å²) < 4.78 is 59.5. The Morgan fingerprint density at radius 2 is 1.61 bits per heavy atom. The number of nitrogens with zero attached hydrogens (tertiary/aromatic N) is 4. The lowest BCUT2D eigenvalue weighted by Crippen LogP contribution is -2.40. The molecule has 4 aromatic rings. The number of ether oxygens (including phenoxy) is 3. The van der Waals surface area contributed by atoms with Crippen molar-refractivity contribution in [3.63, 3.8) is 0 Å². The molecule has 1 fully saturated rings. The highest BCUT2D eigenvalue weighted by Gasteiger charge is 2.26. The maximum absolute atomic E-state index is 13.7. The molecule has 0 spiro atoms. The molecule has 2 aliphatic rings. The summed E-state index contributed by atoms with van der Waals surface area (Å²) in [5.41, 5.74) is 3.63. The standard InChI is InChI=1S/C29H27FN4O5S2/c1-20(22-4-11-27-28(18-22)39-17-16-38-27)32-34-26(21-2-5-23(30)6-3-21)19-40-29(34)31-24-7-9-25(10-8-24)41(35,36)33-12-14-37-15-13-33/h2-11,18-19H,12-17H2,1H3. The van der Waals surface area contributed by atoms with Gasteiger partial charge in [0.2, 0.25) is 14.8 Å². The van der Waals surface area contributed by atoms with Crippen LogP contribution < -0.4 is 14.3 Å². The van der Waals surface area contributed by atoms with Crippen molar-refractivity contribution in [1.29, 1.82) is 0 Å². The first-order valence-corrected chi connectivity index (χ1v) is 15.4. The smallest absolute Gasteiger partial charge is 0.243 e. The van der Waals surface area contributed by atoms with Crippen LogP contribution in [0.5, 0.6) is 11.5 Å². The summed E-state index contributed by atoms with van der Waals surface area (Å²) in [4.78, 5) is 5.55. The number of rotatable bonds is 6. The summed E-state index contributed by atoms with van der Waals surface area (Å²) in [5.74, 6) is 1.02. The van der Waals surface area contributed by atoms with Gasteiger partial charge in [0.1, 0.15) is 19.0 Å². The fourth-order valence-corrected chi connectivity index (χ4v) is 6.77. The first kappa shape index (κ1) is 27.3. The summed E-state index contributed by atoms with van der Waals surface area (Å²) in [6.07, 6.45) is 0. The molecule has 2 aliphatic heterocycles. The van der Waals surface area contributed by atoms with E-state index in [4.69, 9.17) is 24.3 Å². The monoisotopic (exact) mass is 594 g/mol. The molecule has 9 nitrogen and oxygen atoms in total. The topological polar surface area (TPSA) is 94.7 Å². The number of sulfonamides is 1. The highest BCUT2D eigenvalue weighted by Crippen LogP contribution is 2.31. The van der Waals surface area contributed by atoms with Gasteiger partial charge in [-0.15, -0.1) is 11.3 Å². The van der Waals surface area contributed by atoms with E-state index >= 15 is 0 Å². The Morgan fingerprint density at radius 1 is 0.902 bits per heavy atom. The summed E-state index contributed by atoms with van der Waals surface area (Å²) >= 11 is 1.37. The number of morpholine rings is 1. The molecule has 0 amide bonds. The molecule has 3 heterocycles. The van der Waals surface area contributed by atoms with E-state index in [0.717, 1.165) is 16.8 Å². The van der Waals surface area contributed by atoms with Gasteiger partial charge in [0.15, 0.2) is 11.5 Å². The largest absolute Gasteiger partial charge is 0.486 e. The minimum absolute atomic E-state index is 0.205. The predicted octanol–water partition coefficient (Wildman–Crippen LogP) is 4.65. The number of halogens is 1. The lowest BCUT2D eigenvalue weighted by Gasteiger charge is -2.26. The van der Waals surface area contributed by atoms with Crippen LogP contribution in [-0.2, 0) is 14.8 Å². The fourth-order valence-electron chi connectivity index (χ4n) is 4.51. The Kier molecular flexibility index (Phi) is 7.71. The highest BCUT2D eigenvalue weighted by atomic mass is 32.2. The van der Waals surface area contributed by atoms with E-state index in [1.54, 1.807) is 41.1 Å². The first-order chi connectivity index (χ1) is 19.9. The molecule has 12 heteroatoms. The van der Waals surface area contributed by atoms with Gasteiger partial charge in [-0.2, -0.15) is 9.41 Å². The highest BCUT2D eigenvalue weighted by molar-refractivity contribution is 7.89. The van der Waals surface area contributed by atoms with Gasteiger partial charge in [0.05, 0.1) is 35.2 Å². The van der Waals surface area contributed by atoms with E-state index in [0.29, 0.717) is 67.2 Å². The van der Waals surface area contributed by atoms with E-state index < -0.39 is 10.0 Å². The SMILES string of the molecule is CC(=Nn1c(-c2ccc(F)cc2)csc1=Nc1ccc(S(=O)(=O)N2CCOCC2)cc1)c1ccc2c(c1)OCCO2. The maximum atomic E-state index is 13.7. The summed E-state index contributed by atoms with van der Waals surface area (Å²) in [6, 6.07) is 18.3. The third-order valence-electron chi connectivity index (χ3n) is 6.70. The van der Waals surface area contributed by atoms with E-state index in [9.17, 15) is 12.8 Å². The molecule has 212 valence electrons. The van der Waals surface area contributed by atoms with Gasteiger partial charge < -0.3 is 14.2 Å². The van der Waals surface area contributed by atoms with Crippen LogP contribution in [0.4, 0.5) is 10.1 Å². The predicted molar refractivity (Wildman–Crippen MR) is 154 cm³/mol. The minimum Gasteiger partial charge on any atom is -0.486 e. The zero-order valence-electron chi connectivity index (χ0n) is 22.2. The third-order valence-corrected chi connectivity index (χ3v) is 9.43. The third kappa shape index (κ3) is 5.82. The van der Waals surface area contributed by atoms with E-state index in [-0.39, 0.29) is 10.7 Å². The van der Waals surface area contributed by atoms with Gasteiger partial charge in [-0.1, -0.05) is 0 Å². The molecule has 0 atom stereocenters. The molecule has 41 heavy (non-hydrogen) atoms. The van der Waals surface area contributed by atoms with Gasteiger partial charge in [0, 0.05) is 29.6 Å². The van der Waals surface area contributed by atoms with Crippen molar-refractivity contribution in [2.24, 2.45) is 10.1 Å². The van der Waals surface area contributed by atoms with Crippen LogP contribution in [0.15, 0.2) is 87.1 Å².